The molecule has 6 nitrogen and oxygen atoms in total. The van der Waals surface area contributed by atoms with Gasteiger partial charge in [-0.3, -0.25) is 4.40 Å². The first-order valence-electron chi connectivity index (χ1n) is 7.52. The maximum absolute atomic E-state index is 9.87. The van der Waals surface area contributed by atoms with E-state index in [1.165, 1.54) is 0 Å². The molecule has 0 unspecified atom stereocenters. The quantitative estimate of drug-likeness (QED) is 0.706. The van der Waals surface area contributed by atoms with E-state index in [1.807, 2.05) is 46.6 Å². The molecule has 1 aliphatic rings. The molecule has 23 heavy (non-hydrogen) atoms. The van der Waals surface area contributed by atoms with Crippen molar-refractivity contribution in [2.45, 2.75) is 19.1 Å². The van der Waals surface area contributed by atoms with Crippen molar-refractivity contribution in [1.29, 1.82) is 5.26 Å². The highest BCUT2D eigenvalue weighted by atomic mass is 16.3. The Hall–Kier alpha value is -2.62. The van der Waals surface area contributed by atoms with Crippen LogP contribution in [0.5, 0.6) is 0 Å². The summed E-state index contributed by atoms with van der Waals surface area (Å²) in [6, 6.07) is 11.9. The van der Waals surface area contributed by atoms with E-state index in [0.717, 1.165) is 22.4 Å². The summed E-state index contributed by atoms with van der Waals surface area (Å²) in [6.07, 6.45) is -1.54. The van der Waals surface area contributed by atoms with Crippen LogP contribution >= 0.6 is 0 Å². The maximum atomic E-state index is 9.87. The zero-order chi connectivity index (χ0) is 16.1. The molecule has 2 N–H and O–H groups in total. The number of para-hydroxylation sites is 2. The van der Waals surface area contributed by atoms with Gasteiger partial charge in [-0.2, -0.15) is 5.26 Å². The van der Waals surface area contributed by atoms with Gasteiger partial charge >= 0.3 is 0 Å². The molecular formula is C17H16N4O2. The molecule has 3 heterocycles. The highest BCUT2D eigenvalue weighted by Gasteiger charge is 2.31. The Labute approximate surface area is 132 Å². The van der Waals surface area contributed by atoms with Gasteiger partial charge in [0.1, 0.15) is 11.9 Å². The summed E-state index contributed by atoms with van der Waals surface area (Å²) in [4.78, 5) is 6.54. The minimum absolute atomic E-state index is 0.355. The summed E-state index contributed by atoms with van der Waals surface area (Å²) in [5, 5.41) is 29.2. The maximum Gasteiger partial charge on any atom is 0.157 e. The van der Waals surface area contributed by atoms with Gasteiger partial charge in [0.15, 0.2) is 5.65 Å². The van der Waals surface area contributed by atoms with E-state index in [0.29, 0.717) is 24.3 Å². The largest absolute Gasteiger partial charge is 0.389 e. The molecule has 2 atom stereocenters. The van der Waals surface area contributed by atoms with Gasteiger partial charge in [-0.1, -0.05) is 12.1 Å². The van der Waals surface area contributed by atoms with Crippen molar-refractivity contribution in [1.82, 2.24) is 9.38 Å². The fourth-order valence-corrected chi connectivity index (χ4v) is 3.26. The normalized spacial score (nSPS) is 21.2. The number of nitriles is 1. The first kappa shape index (κ1) is 14.0. The predicted molar refractivity (Wildman–Crippen MR) is 86.4 cm³/mol. The third-order valence-electron chi connectivity index (χ3n) is 4.45. The minimum atomic E-state index is -0.768. The van der Waals surface area contributed by atoms with Gasteiger partial charge in [0.25, 0.3) is 0 Å². The Bertz CT molecular complexity index is 947. The van der Waals surface area contributed by atoms with Gasteiger partial charge in [-0.05, 0) is 30.7 Å². The second kappa shape index (κ2) is 4.95. The van der Waals surface area contributed by atoms with E-state index in [9.17, 15) is 15.5 Å². The number of aryl methyl sites for hydroxylation is 1. The van der Waals surface area contributed by atoms with Crippen LogP contribution in [0.25, 0.3) is 16.7 Å². The van der Waals surface area contributed by atoms with Crippen LogP contribution in [0.4, 0.5) is 5.82 Å². The summed E-state index contributed by atoms with van der Waals surface area (Å²) >= 11 is 0. The van der Waals surface area contributed by atoms with Gasteiger partial charge in [0.05, 0.1) is 28.8 Å². The Balaban J connectivity index is 2.06. The Morgan fingerprint density at radius 1 is 1.22 bits per heavy atom. The highest BCUT2D eigenvalue weighted by Crippen LogP contribution is 2.30. The average Bonchev–Trinajstić information content (AvgIpc) is 3.07. The molecule has 0 amide bonds. The van der Waals surface area contributed by atoms with E-state index in [-0.39, 0.29) is 0 Å². The molecule has 6 heteroatoms. The number of hydrogen-bond acceptors (Lipinski definition) is 5. The van der Waals surface area contributed by atoms with Crippen molar-refractivity contribution < 1.29 is 10.2 Å². The number of aromatic nitrogens is 2. The number of fused-ring (bicyclic) bond motifs is 3. The van der Waals surface area contributed by atoms with Gasteiger partial charge in [-0.15, -0.1) is 0 Å². The highest BCUT2D eigenvalue weighted by molar-refractivity contribution is 5.85. The lowest BCUT2D eigenvalue weighted by Gasteiger charge is -2.21. The van der Waals surface area contributed by atoms with Crippen molar-refractivity contribution in [3.05, 3.63) is 41.5 Å². The number of aliphatic hydroxyl groups is 2. The number of rotatable bonds is 1. The SMILES string of the molecule is Cc1cc(N2C[C@@H](O)[C@@H](O)C2)n2c(nc3ccccc32)c1C#N. The van der Waals surface area contributed by atoms with Gasteiger partial charge in [0.2, 0.25) is 0 Å². The Morgan fingerprint density at radius 3 is 2.61 bits per heavy atom. The van der Waals surface area contributed by atoms with Gasteiger partial charge in [0, 0.05) is 13.1 Å². The zero-order valence-corrected chi connectivity index (χ0v) is 12.6. The number of β-amino-alcohol motifs (C(OH)–C–C–N with tert-alkyl or cyclic N) is 2. The predicted octanol–water partition coefficient (Wildman–Crippen LogP) is 1.21. The van der Waals surface area contributed by atoms with Crippen LogP contribution in [0, 0.1) is 18.3 Å². The lowest BCUT2D eigenvalue weighted by Crippen LogP contribution is -2.24. The van der Waals surface area contributed by atoms with Crippen LogP contribution in [-0.2, 0) is 0 Å². The molecule has 116 valence electrons. The molecule has 0 bridgehead atoms. The third-order valence-corrected chi connectivity index (χ3v) is 4.45. The molecule has 3 aromatic rings. The lowest BCUT2D eigenvalue weighted by molar-refractivity contribution is 0.0572. The molecule has 1 aliphatic heterocycles. The van der Waals surface area contributed by atoms with E-state index < -0.39 is 12.2 Å². The van der Waals surface area contributed by atoms with E-state index in [1.54, 1.807) is 0 Å². The smallest absolute Gasteiger partial charge is 0.157 e. The molecular weight excluding hydrogens is 292 g/mol. The minimum Gasteiger partial charge on any atom is -0.389 e. The number of benzene rings is 1. The molecule has 1 aromatic carbocycles. The van der Waals surface area contributed by atoms with Crippen molar-refractivity contribution in [3.8, 4) is 6.07 Å². The topological polar surface area (TPSA) is 84.8 Å². The molecule has 0 spiro atoms. The lowest BCUT2D eigenvalue weighted by atomic mass is 10.1. The van der Waals surface area contributed by atoms with Crippen molar-refractivity contribution in [2.75, 3.05) is 18.0 Å². The number of pyridine rings is 1. The van der Waals surface area contributed by atoms with E-state index in [4.69, 9.17) is 0 Å². The first-order chi connectivity index (χ1) is 11.1. The number of anilines is 1. The summed E-state index contributed by atoms with van der Waals surface area (Å²) in [7, 11) is 0. The standard InChI is InChI=1S/C17H16N4O2/c1-10-6-16(20-8-14(22)15(23)9-20)21-13-5-3-2-4-12(13)19-17(21)11(10)7-18/h2-6,14-15,22-23H,8-9H2,1H3/t14-,15+. The third kappa shape index (κ3) is 1.98. The molecule has 0 radical (unpaired) electrons. The van der Waals surface area contributed by atoms with Crippen LogP contribution < -0.4 is 4.90 Å². The number of hydrogen-bond donors (Lipinski definition) is 2. The summed E-state index contributed by atoms with van der Waals surface area (Å²) < 4.78 is 1.94. The van der Waals surface area contributed by atoms with Crippen molar-refractivity contribution >= 4 is 22.5 Å². The van der Waals surface area contributed by atoms with Crippen LogP contribution in [-0.4, -0.2) is 44.9 Å². The summed E-state index contributed by atoms with van der Waals surface area (Å²) in [5.41, 5.74) is 3.71. The van der Waals surface area contributed by atoms with Crippen molar-refractivity contribution in [3.63, 3.8) is 0 Å². The Morgan fingerprint density at radius 2 is 1.91 bits per heavy atom. The van der Waals surface area contributed by atoms with Crippen LogP contribution in [0.3, 0.4) is 0 Å². The second-order valence-corrected chi connectivity index (χ2v) is 5.97. The fraction of sp³-hybridized carbons (Fsp3) is 0.294. The van der Waals surface area contributed by atoms with E-state index >= 15 is 0 Å². The van der Waals surface area contributed by atoms with Crippen LogP contribution in [0.1, 0.15) is 11.1 Å². The zero-order valence-electron chi connectivity index (χ0n) is 12.6. The van der Waals surface area contributed by atoms with Gasteiger partial charge < -0.3 is 15.1 Å². The molecule has 1 saturated heterocycles. The van der Waals surface area contributed by atoms with Crippen LogP contribution in [0.2, 0.25) is 0 Å². The number of aliphatic hydroxyl groups excluding tert-OH is 2. The summed E-state index contributed by atoms with van der Waals surface area (Å²) in [6.45, 7) is 2.59. The molecule has 4 rings (SSSR count). The molecule has 1 fully saturated rings. The number of imidazole rings is 1. The van der Waals surface area contributed by atoms with E-state index in [2.05, 4.69) is 11.1 Å². The molecule has 0 saturated carbocycles. The Kier molecular flexibility index (Phi) is 3.01. The first-order valence-corrected chi connectivity index (χ1v) is 7.52. The number of nitrogens with zero attached hydrogens (tertiary/aromatic N) is 4. The second-order valence-electron chi connectivity index (χ2n) is 5.97. The van der Waals surface area contributed by atoms with Gasteiger partial charge in [-0.25, -0.2) is 4.98 Å². The average molecular weight is 308 g/mol. The van der Waals surface area contributed by atoms with Crippen LogP contribution in [0.15, 0.2) is 30.3 Å². The van der Waals surface area contributed by atoms with Crippen molar-refractivity contribution in [2.24, 2.45) is 0 Å². The fourth-order valence-electron chi connectivity index (χ4n) is 3.26. The molecule has 2 aromatic heterocycles. The summed E-state index contributed by atoms with van der Waals surface area (Å²) in [5.74, 6) is 0.834. The molecule has 0 aliphatic carbocycles. The monoisotopic (exact) mass is 308 g/mol.